The number of carbonyl (C=O) groups excluding carboxylic acids is 1. The smallest absolute Gasteiger partial charge is 0.313 e. The van der Waals surface area contributed by atoms with Gasteiger partial charge in [0.25, 0.3) is 0 Å². The largest absolute Gasteiger partial charge is 0.481 e. The summed E-state index contributed by atoms with van der Waals surface area (Å²) < 4.78 is 1.51. The summed E-state index contributed by atoms with van der Waals surface area (Å²) in [6.45, 7) is 3.70. The fourth-order valence-electron chi connectivity index (χ4n) is 1.44. The number of carboxylic acids is 1. The van der Waals surface area contributed by atoms with Crippen LogP contribution < -0.4 is 5.73 Å². The number of hydrogen-bond donors (Lipinski definition) is 2. The summed E-state index contributed by atoms with van der Waals surface area (Å²) in [7, 11) is 0. The number of carboxylic acid groups (broad SMARTS) is 1. The van der Waals surface area contributed by atoms with Gasteiger partial charge in [0.2, 0.25) is 5.91 Å². The highest BCUT2D eigenvalue weighted by Crippen LogP contribution is 2.23. The fraction of sp³-hybridized carbons (Fsp3) is 0.556. The lowest BCUT2D eigenvalue weighted by molar-refractivity contribution is -0.133. The molecule has 1 aromatic rings. The van der Waals surface area contributed by atoms with Gasteiger partial charge in [0, 0.05) is 0 Å². The van der Waals surface area contributed by atoms with Crippen LogP contribution in [-0.2, 0) is 9.59 Å². The summed E-state index contributed by atoms with van der Waals surface area (Å²) in [5, 5.41) is 16.4. The minimum absolute atomic E-state index is 0.0207. The molecule has 1 aromatic heterocycles. The van der Waals surface area contributed by atoms with E-state index >= 15 is 0 Å². The van der Waals surface area contributed by atoms with Crippen molar-refractivity contribution < 1.29 is 14.7 Å². The van der Waals surface area contributed by atoms with Gasteiger partial charge in [0.1, 0.15) is 12.4 Å². The highest BCUT2D eigenvalue weighted by molar-refractivity contribution is 7.99. The third-order valence-electron chi connectivity index (χ3n) is 2.09. The van der Waals surface area contributed by atoms with E-state index in [1.807, 2.05) is 13.8 Å². The van der Waals surface area contributed by atoms with Crippen LogP contribution in [-0.4, -0.2) is 37.5 Å². The number of carbonyl (C=O) groups is 2. The number of thioether (sulfide) groups is 1. The summed E-state index contributed by atoms with van der Waals surface area (Å²) in [4.78, 5) is 21.8. The Labute approximate surface area is 102 Å². The van der Waals surface area contributed by atoms with Crippen molar-refractivity contribution in [2.45, 2.75) is 25.0 Å². The lowest BCUT2D eigenvalue weighted by atomic mass is 10.0. The molecule has 8 heteroatoms. The van der Waals surface area contributed by atoms with E-state index in [1.54, 1.807) is 0 Å². The molecule has 0 spiro atoms. The van der Waals surface area contributed by atoms with Gasteiger partial charge in [-0.05, 0) is 5.92 Å². The molecule has 3 N–H and O–H groups in total. The van der Waals surface area contributed by atoms with Crippen LogP contribution in [0.5, 0.6) is 0 Å². The molecule has 0 bridgehead atoms. The number of hydrogen-bond acceptors (Lipinski definition) is 5. The molecule has 1 heterocycles. The van der Waals surface area contributed by atoms with Crippen molar-refractivity contribution in [1.29, 1.82) is 0 Å². The van der Waals surface area contributed by atoms with Crippen molar-refractivity contribution in [3.8, 4) is 0 Å². The molecular weight excluding hydrogens is 244 g/mol. The molecule has 0 saturated heterocycles. The summed E-state index contributed by atoms with van der Waals surface area (Å²) in [5.74, 6) is -1.60. The maximum absolute atomic E-state index is 11.3. The second-order valence-corrected chi connectivity index (χ2v) is 4.74. The molecule has 1 rings (SSSR count). The Morgan fingerprint density at radius 2 is 2.24 bits per heavy atom. The number of primary amides is 1. The minimum atomic E-state index is -0.954. The Bertz CT molecular complexity index is 418. The van der Waals surface area contributed by atoms with E-state index in [0.29, 0.717) is 5.16 Å². The van der Waals surface area contributed by atoms with Crippen molar-refractivity contribution >= 4 is 23.6 Å². The number of nitrogens with zero attached hydrogens (tertiary/aromatic N) is 3. The first kappa shape index (κ1) is 13.5. The average Bonchev–Trinajstić information content (AvgIpc) is 2.61. The second kappa shape index (κ2) is 5.67. The van der Waals surface area contributed by atoms with Crippen LogP contribution >= 0.6 is 11.8 Å². The average molecular weight is 258 g/mol. The summed E-state index contributed by atoms with van der Waals surface area (Å²) in [6, 6.07) is -0.568. The van der Waals surface area contributed by atoms with Crippen LogP contribution in [0.4, 0.5) is 0 Å². The first-order valence-electron chi connectivity index (χ1n) is 4.97. The predicted molar refractivity (Wildman–Crippen MR) is 61.5 cm³/mol. The molecule has 0 aromatic carbocycles. The lowest BCUT2D eigenvalue weighted by Crippen LogP contribution is -2.30. The van der Waals surface area contributed by atoms with Gasteiger partial charge < -0.3 is 10.8 Å². The zero-order valence-electron chi connectivity index (χ0n) is 9.53. The molecule has 7 nitrogen and oxygen atoms in total. The molecule has 17 heavy (non-hydrogen) atoms. The second-order valence-electron chi connectivity index (χ2n) is 3.79. The van der Waals surface area contributed by atoms with E-state index in [4.69, 9.17) is 10.8 Å². The number of rotatable bonds is 6. The number of aromatic nitrogens is 3. The van der Waals surface area contributed by atoms with Gasteiger partial charge in [-0.3, -0.25) is 14.2 Å². The molecule has 0 aliphatic heterocycles. The Morgan fingerprint density at radius 1 is 1.59 bits per heavy atom. The molecule has 94 valence electrons. The standard InChI is InChI=1S/C9H14N4O3S/c1-5(2)7(8(10)16)13-4-11-12-9(13)17-3-6(14)15/h4-5,7H,3H2,1-2H3,(H2,10,16)(H,14,15). The SMILES string of the molecule is CC(C)C(C(N)=O)n1cnnc1SCC(=O)O. The van der Waals surface area contributed by atoms with Crippen molar-refractivity contribution in [3.05, 3.63) is 6.33 Å². The maximum atomic E-state index is 11.3. The van der Waals surface area contributed by atoms with Gasteiger partial charge in [-0.1, -0.05) is 25.6 Å². The minimum Gasteiger partial charge on any atom is -0.481 e. The van der Waals surface area contributed by atoms with Crippen LogP contribution in [0, 0.1) is 5.92 Å². The molecule has 0 aliphatic rings. The molecule has 0 radical (unpaired) electrons. The first-order valence-corrected chi connectivity index (χ1v) is 5.95. The van der Waals surface area contributed by atoms with Crippen LogP contribution in [0.3, 0.4) is 0 Å². The van der Waals surface area contributed by atoms with Crippen molar-refractivity contribution in [1.82, 2.24) is 14.8 Å². The summed E-state index contributed by atoms with van der Waals surface area (Å²) in [6.07, 6.45) is 1.39. The van der Waals surface area contributed by atoms with Crippen LogP contribution in [0.1, 0.15) is 19.9 Å². The predicted octanol–water partition coefficient (Wildman–Crippen LogP) is 0.137. The Balaban J connectivity index is 2.92. The van der Waals surface area contributed by atoms with Gasteiger partial charge in [-0.25, -0.2) is 0 Å². The molecule has 0 saturated carbocycles. The molecule has 1 atom stereocenters. The lowest BCUT2D eigenvalue weighted by Gasteiger charge is -2.19. The third-order valence-corrected chi connectivity index (χ3v) is 3.03. The molecular formula is C9H14N4O3S. The van der Waals surface area contributed by atoms with Crippen LogP contribution in [0.2, 0.25) is 0 Å². The zero-order valence-corrected chi connectivity index (χ0v) is 10.3. The Kier molecular flexibility index (Phi) is 4.50. The monoisotopic (exact) mass is 258 g/mol. The van der Waals surface area contributed by atoms with Gasteiger partial charge in [0.05, 0.1) is 5.75 Å². The van der Waals surface area contributed by atoms with Gasteiger partial charge in [-0.15, -0.1) is 10.2 Å². The van der Waals surface area contributed by atoms with E-state index in [9.17, 15) is 9.59 Å². The molecule has 0 aliphatic carbocycles. The molecule has 1 amide bonds. The van der Waals surface area contributed by atoms with E-state index in [0.717, 1.165) is 11.8 Å². The Hall–Kier alpha value is -1.57. The van der Waals surface area contributed by atoms with E-state index in [2.05, 4.69) is 10.2 Å². The number of aliphatic carboxylic acids is 1. The molecule has 0 fully saturated rings. The quantitative estimate of drug-likeness (QED) is 0.702. The van der Waals surface area contributed by atoms with E-state index in [-0.39, 0.29) is 11.7 Å². The number of nitrogens with two attached hydrogens (primary N) is 1. The normalized spacial score (nSPS) is 12.6. The maximum Gasteiger partial charge on any atom is 0.313 e. The summed E-state index contributed by atoms with van der Waals surface area (Å²) >= 11 is 1.01. The topological polar surface area (TPSA) is 111 Å². The zero-order chi connectivity index (χ0) is 13.0. The van der Waals surface area contributed by atoms with Crippen LogP contribution in [0.25, 0.3) is 0 Å². The van der Waals surface area contributed by atoms with E-state index < -0.39 is 17.9 Å². The first-order chi connectivity index (χ1) is 7.93. The van der Waals surface area contributed by atoms with Gasteiger partial charge in [0.15, 0.2) is 5.16 Å². The highest BCUT2D eigenvalue weighted by atomic mass is 32.2. The van der Waals surface area contributed by atoms with Crippen molar-refractivity contribution in [3.63, 3.8) is 0 Å². The fourth-order valence-corrected chi connectivity index (χ4v) is 2.11. The summed E-state index contributed by atoms with van der Waals surface area (Å²) in [5.41, 5.74) is 5.31. The molecule has 1 unspecified atom stereocenters. The van der Waals surface area contributed by atoms with Crippen LogP contribution in [0.15, 0.2) is 11.5 Å². The van der Waals surface area contributed by atoms with E-state index in [1.165, 1.54) is 10.9 Å². The van der Waals surface area contributed by atoms with Gasteiger partial charge in [-0.2, -0.15) is 0 Å². The third kappa shape index (κ3) is 3.45. The van der Waals surface area contributed by atoms with Crippen molar-refractivity contribution in [2.75, 3.05) is 5.75 Å². The number of amides is 1. The highest BCUT2D eigenvalue weighted by Gasteiger charge is 2.24. The Morgan fingerprint density at radius 3 is 2.71 bits per heavy atom. The van der Waals surface area contributed by atoms with Gasteiger partial charge >= 0.3 is 5.97 Å². The van der Waals surface area contributed by atoms with Crippen molar-refractivity contribution in [2.24, 2.45) is 11.7 Å².